The van der Waals surface area contributed by atoms with Crippen molar-refractivity contribution in [1.29, 1.82) is 0 Å². The average Bonchev–Trinajstić information content (AvgIpc) is 2.78. The Hall–Kier alpha value is -2.76. The first-order chi connectivity index (χ1) is 19.5. The first-order valence-corrected chi connectivity index (χ1v) is 13.0. The van der Waals surface area contributed by atoms with Crippen LogP contribution < -0.4 is 0 Å². The molecule has 0 amide bonds. The molecule has 20 heteroatoms. The zero-order valence-electron chi connectivity index (χ0n) is 25.0. The van der Waals surface area contributed by atoms with E-state index in [9.17, 15) is 28.8 Å². The van der Waals surface area contributed by atoms with Crippen LogP contribution in [0.2, 0.25) is 0 Å². The third-order valence-corrected chi connectivity index (χ3v) is 5.36. The van der Waals surface area contributed by atoms with Gasteiger partial charge in [0.1, 0.15) is 0 Å². The van der Waals surface area contributed by atoms with E-state index in [0.29, 0.717) is 0 Å². The summed E-state index contributed by atoms with van der Waals surface area (Å²) < 4.78 is 1.38. The molecule has 0 aromatic carbocycles. The summed E-state index contributed by atoms with van der Waals surface area (Å²) in [6.45, 7) is 14.8. The first kappa shape index (κ1) is 50.8. The Balaban J connectivity index is -0.000000161. The molecule has 0 heterocycles. The molecular weight excluding hydrogens is 739 g/mol. The summed E-state index contributed by atoms with van der Waals surface area (Å²) in [7, 11) is 0. The Kier molecular flexibility index (Phi) is 30.8. The van der Waals surface area contributed by atoms with Gasteiger partial charge in [0.2, 0.25) is 0 Å². The molecule has 19 nitrogen and oxygen atoms in total. The fourth-order valence-electron chi connectivity index (χ4n) is 4.00. The number of carbonyl (C=O) groups is 6. The summed E-state index contributed by atoms with van der Waals surface area (Å²) in [6.07, 6.45) is 0.756. The Morgan fingerprint density at radius 1 is 0.545 bits per heavy atom. The Labute approximate surface area is 285 Å². The van der Waals surface area contributed by atoms with E-state index >= 15 is 0 Å². The van der Waals surface area contributed by atoms with Gasteiger partial charge in [0.15, 0.2) is 11.2 Å². The van der Waals surface area contributed by atoms with Crippen molar-refractivity contribution >= 4 is 35.8 Å². The predicted octanol–water partition coefficient (Wildman–Crippen LogP) is 0.707. The van der Waals surface area contributed by atoms with Gasteiger partial charge >= 0.3 is 76.2 Å². The molecule has 0 bridgehead atoms. The molecule has 0 aromatic heterocycles. The number of carboxylic acid groups (broad SMARTS) is 6. The molecule has 0 fully saturated rings. The fraction of sp³-hybridized carbons (Fsp3) is 0.750. The summed E-state index contributed by atoms with van der Waals surface area (Å²) in [5, 5.41) is 82.4. The number of hydrogen-bond acceptors (Lipinski definition) is 11. The molecule has 44 heavy (non-hydrogen) atoms. The maximum Gasteiger partial charge on any atom is 3.00 e. The van der Waals surface area contributed by atoms with E-state index in [1.165, 1.54) is 56.3 Å². The van der Waals surface area contributed by atoms with Crippen molar-refractivity contribution in [2.24, 2.45) is 0 Å². The van der Waals surface area contributed by atoms with Gasteiger partial charge in [-0.15, -0.1) is 0 Å². The summed E-state index contributed by atoms with van der Waals surface area (Å²) in [4.78, 5) is 69.2. The number of hydrogen-bond donors (Lipinski definition) is 8. The van der Waals surface area contributed by atoms with Crippen LogP contribution in [-0.2, 0) is 28.8 Å². The molecular formula is C24H44N2O17Sm+3. The van der Waals surface area contributed by atoms with Crippen LogP contribution in [0.5, 0.6) is 0 Å². The second-order valence-electron chi connectivity index (χ2n) is 9.42. The van der Waals surface area contributed by atoms with Gasteiger partial charge in [0, 0.05) is 0 Å². The third kappa shape index (κ3) is 28.0. The average molecular weight is 783 g/mol. The quantitative estimate of drug-likeness (QED) is 0.0539. The van der Waals surface area contributed by atoms with Crippen LogP contribution in [0.1, 0.15) is 79.1 Å². The van der Waals surface area contributed by atoms with Crippen LogP contribution in [0, 0.1) is 55.7 Å². The van der Waals surface area contributed by atoms with E-state index in [4.69, 9.17) is 56.2 Å². The van der Waals surface area contributed by atoms with E-state index in [1.807, 2.05) is 0 Å². The molecule has 0 rings (SSSR count). The Morgan fingerprint density at radius 3 is 0.795 bits per heavy atom. The van der Waals surface area contributed by atoms with Crippen molar-refractivity contribution in [3.63, 3.8) is 0 Å². The molecule has 8 N–H and O–H groups in total. The molecule has 0 unspecified atom stereocenters. The Bertz CT molecular complexity index is 796. The number of rotatable bonds is 18. The number of quaternary nitrogens is 1. The van der Waals surface area contributed by atoms with Gasteiger partial charge in [0.05, 0.1) is 56.9 Å². The van der Waals surface area contributed by atoms with Gasteiger partial charge in [-0.05, 0) is 25.7 Å². The summed E-state index contributed by atoms with van der Waals surface area (Å²) in [5.74, 6) is -10.0. The van der Waals surface area contributed by atoms with E-state index < -0.39 is 77.8 Å². The minimum atomic E-state index is -2.74. The van der Waals surface area contributed by atoms with Crippen molar-refractivity contribution in [2.45, 2.75) is 90.3 Å². The van der Waals surface area contributed by atoms with Crippen molar-refractivity contribution in [2.75, 3.05) is 26.2 Å². The van der Waals surface area contributed by atoms with Gasteiger partial charge < -0.3 is 60.7 Å². The predicted molar refractivity (Wildman–Crippen MR) is 145 cm³/mol. The second kappa shape index (κ2) is 26.6. The van der Waals surface area contributed by atoms with Gasteiger partial charge in [0.25, 0.3) is 0 Å². The van der Waals surface area contributed by atoms with Crippen LogP contribution in [0.25, 0.3) is 0 Å². The molecule has 0 saturated heterocycles. The fourth-order valence-corrected chi connectivity index (χ4v) is 4.00. The second-order valence-corrected chi connectivity index (χ2v) is 9.42. The molecule has 0 aliphatic rings. The molecule has 255 valence electrons. The summed E-state index contributed by atoms with van der Waals surface area (Å²) >= 11 is 0. The van der Waals surface area contributed by atoms with Crippen molar-refractivity contribution in [3.8, 4) is 0 Å². The maximum atomic E-state index is 10.3. The largest absolute Gasteiger partial charge is 3.00 e. The number of aliphatic hydroxyl groups is 2. The van der Waals surface area contributed by atoms with E-state index in [1.54, 1.807) is 0 Å². The van der Waals surface area contributed by atoms with Gasteiger partial charge in [-0.25, -0.2) is 9.59 Å². The molecule has 1 radical (unpaired) electrons. The number of aliphatic carboxylic acids is 6. The minimum Gasteiger partial charge on any atom is -0.481 e. The first-order valence-electron chi connectivity index (χ1n) is 13.0. The van der Waals surface area contributed by atoms with Crippen LogP contribution in [0.4, 0.5) is 0 Å². The molecule has 0 aliphatic carbocycles. The summed E-state index contributed by atoms with van der Waals surface area (Å²) in [5.41, 5.74) is -5.48. The van der Waals surface area contributed by atoms with Crippen LogP contribution in [0.3, 0.4) is 0 Å². The minimum absolute atomic E-state index is 0. The number of nitrogens with zero attached hydrogens (tertiary/aromatic N) is 2. The Morgan fingerprint density at radius 2 is 0.705 bits per heavy atom. The van der Waals surface area contributed by atoms with Crippen LogP contribution in [-0.4, -0.2) is 124 Å². The zero-order chi connectivity index (χ0) is 35.0. The SMILES string of the molecule is CCC[N+](CCC)(CCC)CCC.O=C(O)CC(O)(CC(=O)O)C(=O)O.O=C(O)CC(O)(CC(=O)O)C(=O)O.O=[N+]([O-])[O-].[Sm+3]. The van der Waals surface area contributed by atoms with Crippen LogP contribution in [0.15, 0.2) is 0 Å². The molecule has 0 aromatic rings. The number of carboxylic acids is 6. The zero-order valence-corrected chi connectivity index (χ0v) is 27.7. The smallest absolute Gasteiger partial charge is 0.481 e. The van der Waals surface area contributed by atoms with E-state index in [2.05, 4.69) is 27.7 Å². The van der Waals surface area contributed by atoms with Gasteiger partial charge in [-0.1, -0.05) is 27.7 Å². The normalized spacial score (nSPS) is 10.5. The third-order valence-electron chi connectivity index (χ3n) is 5.36. The standard InChI is InChI=1S/C12H28N.2C6H8O7.NO3.Sm/c1-5-9-13(10-6-2,11-7-3)12-8-4;2*7-3(8)1-6(13,5(11)12)2-4(9)10;2-1(3)4;/h5-12H2,1-4H3;2*13H,1-2H2,(H,7,8)(H,9,10)(H,11,12);;/q+1;;;-1;+3. The van der Waals surface area contributed by atoms with Crippen molar-refractivity contribution in [1.82, 2.24) is 0 Å². The topological polar surface area (TPSA) is 330 Å². The summed E-state index contributed by atoms with van der Waals surface area (Å²) in [6, 6.07) is 0. The van der Waals surface area contributed by atoms with Gasteiger partial charge in [-0.2, -0.15) is 0 Å². The molecule has 0 saturated carbocycles. The molecule has 0 spiro atoms. The van der Waals surface area contributed by atoms with Crippen LogP contribution >= 0.6 is 0 Å². The molecule has 0 atom stereocenters. The van der Waals surface area contributed by atoms with E-state index in [0.717, 1.165) is 0 Å². The molecule has 0 aliphatic heterocycles. The van der Waals surface area contributed by atoms with Crippen molar-refractivity contribution < 1.29 is 120 Å². The van der Waals surface area contributed by atoms with Gasteiger partial charge in [-0.3, -0.25) is 19.2 Å². The van der Waals surface area contributed by atoms with Crippen molar-refractivity contribution in [3.05, 3.63) is 15.3 Å². The maximum absolute atomic E-state index is 10.3. The van der Waals surface area contributed by atoms with E-state index in [-0.39, 0.29) is 40.4 Å². The monoisotopic (exact) mass is 784 g/mol.